The minimum absolute atomic E-state index is 0.314. The number of nitrogens with zero attached hydrogens (tertiary/aromatic N) is 2. The molecule has 2 unspecified atom stereocenters. The van der Waals surface area contributed by atoms with Crippen molar-refractivity contribution < 1.29 is 14.3 Å². The number of carbonyl (C=O) groups is 2. The van der Waals surface area contributed by atoms with E-state index in [1.807, 2.05) is 6.92 Å². The molecule has 1 aromatic carbocycles. The van der Waals surface area contributed by atoms with Crippen molar-refractivity contribution in [2.75, 3.05) is 5.32 Å². The van der Waals surface area contributed by atoms with E-state index in [0.717, 1.165) is 5.56 Å². The van der Waals surface area contributed by atoms with Crippen LogP contribution in [0.4, 0.5) is 5.69 Å². The van der Waals surface area contributed by atoms with Crippen molar-refractivity contribution in [1.82, 2.24) is 15.1 Å². The van der Waals surface area contributed by atoms with Gasteiger partial charge in [0.15, 0.2) is 0 Å². The SMILES string of the molecule is CC(NC(=O)C1(C)Oc2ccc(Cl)cc2NC1=O)c1cnn(C)c1. The zero-order valence-electron chi connectivity index (χ0n) is 13.5. The fourth-order valence-corrected chi connectivity index (χ4v) is 2.60. The van der Waals surface area contributed by atoms with Crippen LogP contribution < -0.4 is 15.4 Å². The van der Waals surface area contributed by atoms with Gasteiger partial charge in [0.25, 0.3) is 17.4 Å². The van der Waals surface area contributed by atoms with Crippen molar-refractivity contribution in [2.24, 2.45) is 7.05 Å². The van der Waals surface area contributed by atoms with E-state index in [-0.39, 0.29) is 6.04 Å². The van der Waals surface area contributed by atoms with Gasteiger partial charge in [-0.1, -0.05) is 11.6 Å². The second-order valence-corrected chi connectivity index (χ2v) is 6.31. The molecule has 126 valence electrons. The van der Waals surface area contributed by atoms with Gasteiger partial charge in [0.2, 0.25) is 0 Å². The summed E-state index contributed by atoms with van der Waals surface area (Å²) in [7, 11) is 1.79. The van der Waals surface area contributed by atoms with Crippen molar-refractivity contribution in [3.8, 4) is 5.75 Å². The third-order valence-corrected chi connectivity index (χ3v) is 4.18. The van der Waals surface area contributed by atoms with Crippen LogP contribution in [0.3, 0.4) is 0 Å². The third-order valence-electron chi connectivity index (χ3n) is 3.94. The van der Waals surface area contributed by atoms with Crippen LogP contribution in [0.5, 0.6) is 5.75 Å². The van der Waals surface area contributed by atoms with Crippen LogP contribution in [-0.4, -0.2) is 27.2 Å². The smallest absolute Gasteiger partial charge is 0.278 e. The van der Waals surface area contributed by atoms with E-state index in [0.29, 0.717) is 16.5 Å². The molecule has 2 N–H and O–H groups in total. The van der Waals surface area contributed by atoms with E-state index in [1.165, 1.54) is 6.92 Å². The lowest BCUT2D eigenvalue weighted by Crippen LogP contribution is -2.59. The molecule has 2 amide bonds. The van der Waals surface area contributed by atoms with Gasteiger partial charge in [0, 0.05) is 23.8 Å². The number of anilines is 1. The van der Waals surface area contributed by atoms with Crippen molar-refractivity contribution in [1.29, 1.82) is 0 Å². The highest BCUT2D eigenvalue weighted by Gasteiger charge is 2.47. The fourth-order valence-electron chi connectivity index (χ4n) is 2.43. The minimum atomic E-state index is -1.67. The van der Waals surface area contributed by atoms with Gasteiger partial charge in [0.1, 0.15) is 5.75 Å². The average Bonchev–Trinajstić information content (AvgIpc) is 2.95. The number of carbonyl (C=O) groups excluding carboxylic acids is 2. The first kappa shape index (κ1) is 16.3. The van der Waals surface area contributed by atoms with Crippen molar-refractivity contribution in [3.05, 3.63) is 41.2 Å². The number of rotatable bonds is 3. The van der Waals surface area contributed by atoms with Gasteiger partial charge >= 0.3 is 0 Å². The van der Waals surface area contributed by atoms with E-state index >= 15 is 0 Å². The molecule has 0 fully saturated rings. The molecule has 1 aliphatic rings. The standard InChI is InChI=1S/C16H17ClN4O3/c1-9(10-7-18-21(3)8-10)19-14(22)16(2)15(23)20-12-6-11(17)4-5-13(12)24-16/h4-9H,1-3H3,(H,19,22)(H,20,23). The number of aromatic nitrogens is 2. The van der Waals surface area contributed by atoms with Crippen LogP contribution in [0, 0.1) is 0 Å². The Labute approximate surface area is 143 Å². The molecule has 2 heterocycles. The molecule has 0 radical (unpaired) electrons. The molecule has 1 aromatic heterocycles. The summed E-state index contributed by atoms with van der Waals surface area (Å²) in [5.74, 6) is -0.684. The quantitative estimate of drug-likeness (QED) is 0.831. The number of aryl methyl sites for hydroxylation is 1. The molecule has 2 atom stereocenters. The molecular weight excluding hydrogens is 332 g/mol. The summed E-state index contributed by atoms with van der Waals surface area (Å²) in [6.07, 6.45) is 3.46. The molecule has 24 heavy (non-hydrogen) atoms. The number of fused-ring (bicyclic) bond motifs is 1. The predicted octanol–water partition coefficient (Wildman–Crippen LogP) is 2.04. The van der Waals surface area contributed by atoms with Gasteiger partial charge in [-0.15, -0.1) is 0 Å². The summed E-state index contributed by atoms with van der Waals surface area (Å²) in [6.45, 7) is 3.25. The van der Waals surface area contributed by atoms with E-state index in [1.54, 1.807) is 42.3 Å². The van der Waals surface area contributed by atoms with Gasteiger partial charge < -0.3 is 15.4 Å². The summed E-state index contributed by atoms with van der Waals surface area (Å²) in [5, 5.41) is 9.99. The monoisotopic (exact) mass is 348 g/mol. The second-order valence-electron chi connectivity index (χ2n) is 5.87. The number of benzene rings is 1. The maximum absolute atomic E-state index is 12.6. The topological polar surface area (TPSA) is 85.2 Å². The van der Waals surface area contributed by atoms with E-state index in [9.17, 15) is 9.59 Å². The van der Waals surface area contributed by atoms with Crippen LogP contribution in [0.25, 0.3) is 0 Å². The molecule has 0 aliphatic carbocycles. The Hall–Kier alpha value is -2.54. The highest BCUT2D eigenvalue weighted by molar-refractivity contribution is 6.31. The van der Waals surface area contributed by atoms with Gasteiger partial charge in [-0.2, -0.15) is 5.10 Å². The number of amides is 2. The predicted molar refractivity (Wildman–Crippen MR) is 88.9 cm³/mol. The Morgan fingerprint density at radius 2 is 2.25 bits per heavy atom. The molecule has 0 saturated heterocycles. The van der Waals surface area contributed by atoms with Gasteiger partial charge in [-0.05, 0) is 32.0 Å². The zero-order valence-corrected chi connectivity index (χ0v) is 14.2. The van der Waals surface area contributed by atoms with E-state index in [4.69, 9.17) is 16.3 Å². The molecule has 7 nitrogen and oxygen atoms in total. The van der Waals surface area contributed by atoms with Crippen LogP contribution in [0.15, 0.2) is 30.6 Å². The second kappa shape index (κ2) is 5.83. The summed E-state index contributed by atoms with van der Waals surface area (Å²) >= 11 is 5.90. The number of hydrogen-bond acceptors (Lipinski definition) is 4. The molecule has 0 spiro atoms. The summed E-state index contributed by atoms with van der Waals surface area (Å²) in [6, 6.07) is 4.51. The molecule has 1 aliphatic heterocycles. The molecule has 0 bridgehead atoms. The van der Waals surface area contributed by atoms with E-state index in [2.05, 4.69) is 15.7 Å². The van der Waals surface area contributed by atoms with Crippen molar-refractivity contribution in [2.45, 2.75) is 25.5 Å². The van der Waals surface area contributed by atoms with Gasteiger partial charge in [-0.25, -0.2) is 0 Å². The number of halogens is 1. The maximum Gasteiger partial charge on any atom is 0.278 e. The zero-order chi connectivity index (χ0) is 17.5. The molecule has 8 heteroatoms. The molecular formula is C16H17ClN4O3. The van der Waals surface area contributed by atoms with Gasteiger partial charge in [-0.3, -0.25) is 14.3 Å². The normalized spacial score (nSPS) is 20.6. The third kappa shape index (κ3) is 2.82. The average molecular weight is 349 g/mol. The first-order valence-corrected chi connectivity index (χ1v) is 7.77. The van der Waals surface area contributed by atoms with Crippen LogP contribution in [0.1, 0.15) is 25.5 Å². The first-order valence-electron chi connectivity index (χ1n) is 7.39. The lowest BCUT2D eigenvalue weighted by Gasteiger charge is -2.34. The highest BCUT2D eigenvalue weighted by Crippen LogP contribution is 2.35. The first-order chi connectivity index (χ1) is 11.3. The maximum atomic E-state index is 12.6. The Kier molecular flexibility index (Phi) is 3.96. The summed E-state index contributed by atoms with van der Waals surface area (Å²) < 4.78 is 7.33. The Bertz CT molecular complexity index is 819. The minimum Gasteiger partial charge on any atom is -0.466 e. The van der Waals surface area contributed by atoms with Gasteiger partial charge in [0.05, 0.1) is 17.9 Å². The molecule has 2 aromatic rings. The number of ether oxygens (including phenoxy) is 1. The van der Waals surface area contributed by atoms with Crippen LogP contribution in [-0.2, 0) is 16.6 Å². The van der Waals surface area contributed by atoms with Crippen molar-refractivity contribution >= 4 is 29.1 Å². The lowest BCUT2D eigenvalue weighted by molar-refractivity contribution is -0.147. The Balaban J connectivity index is 1.81. The van der Waals surface area contributed by atoms with E-state index < -0.39 is 17.4 Å². The number of hydrogen-bond donors (Lipinski definition) is 2. The molecule has 3 rings (SSSR count). The summed E-state index contributed by atoms with van der Waals surface area (Å²) in [4.78, 5) is 25.0. The Morgan fingerprint density at radius 3 is 2.92 bits per heavy atom. The van der Waals surface area contributed by atoms with Crippen molar-refractivity contribution in [3.63, 3.8) is 0 Å². The summed E-state index contributed by atoms with van der Waals surface area (Å²) in [5.41, 5.74) is -0.395. The fraction of sp³-hybridized carbons (Fsp3) is 0.312. The van der Waals surface area contributed by atoms with Crippen LogP contribution in [0.2, 0.25) is 5.02 Å². The largest absolute Gasteiger partial charge is 0.466 e. The lowest BCUT2D eigenvalue weighted by atomic mass is 10.0. The highest BCUT2D eigenvalue weighted by atomic mass is 35.5. The molecule has 0 saturated carbocycles. The van der Waals surface area contributed by atoms with Crippen LogP contribution >= 0.6 is 11.6 Å². The number of nitrogens with one attached hydrogen (secondary N) is 2. The Morgan fingerprint density at radius 1 is 1.50 bits per heavy atom.